The van der Waals surface area contributed by atoms with Gasteiger partial charge in [0.25, 0.3) is 5.91 Å². The fraction of sp³-hybridized carbons (Fsp3) is 0.389. The molecule has 2 atom stereocenters. The highest BCUT2D eigenvalue weighted by Gasteiger charge is 2.39. The van der Waals surface area contributed by atoms with Crippen molar-refractivity contribution in [2.45, 2.75) is 57.5 Å². The molecule has 0 aliphatic carbocycles. The summed E-state index contributed by atoms with van der Waals surface area (Å²) in [6, 6.07) is 26.6. The molecule has 3 aromatic rings. The molecule has 2 aliphatic heterocycles. The van der Waals surface area contributed by atoms with Crippen LogP contribution < -0.4 is 10.1 Å². The quantitative estimate of drug-likeness (QED) is 0.253. The van der Waals surface area contributed by atoms with E-state index < -0.39 is 0 Å². The van der Waals surface area contributed by atoms with Crippen LogP contribution in [0.3, 0.4) is 0 Å². The first-order valence-electron chi connectivity index (χ1n) is 15.4. The molecule has 2 bridgehead atoms. The highest BCUT2D eigenvalue weighted by atomic mass is 35.5. The van der Waals surface area contributed by atoms with Gasteiger partial charge in [-0.25, -0.2) is 0 Å². The van der Waals surface area contributed by atoms with E-state index in [1.807, 2.05) is 47.2 Å². The first-order chi connectivity index (χ1) is 20.9. The van der Waals surface area contributed by atoms with Crippen LogP contribution in [0.25, 0.3) is 5.57 Å². The summed E-state index contributed by atoms with van der Waals surface area (Å²) in [5.74, 6) is 0.824. The van der Waals surface area contributed by atoms with Crippen molar-refractivity contribution in [1.82, 2.24) is 15.1 Å². The minimum absolute atomic E-state index is 0.0526. The molecule has 226 valence electrons. The smallest absolute Gasteiger partial charge is 0.251 e. The van der Waals surface area contributed by atoms with Gasteiger partial charge >= 0.3 is 0 Å². The predicted octanol–water partition coefficient (Wildman–Crippen LogP) is 6.18. The molecule has 0 aromatic heterocycles. The minimum atomic E-state index is -0.174. The van der Waals surface area contributed by atoms with E-state index in [2.05, 4.69) is 53.8 Å². The van der Waals surface area contributed by atoms with Gasteiger partial charge in [0, 0.05) is 45.2 Å². The van der Waals surface area contributed by atoms with Gasteiger partial charge in [0.1, 0.15) is 5.75 Å². The number of carbonyl (C=O) groups is 2. The van der Waals surface area contributed by atoms with Gasteiger partial charge in [-0.1, -0.05) is 78.3 Å². The molecule has 1 unspecified atom stereocenters. The van der Waals surface area contributed by atoms with Crippen LogP contribution in [0.5, 0.6) is 5.75 Å². The topological polar surface area (TPSA) is 61.9 Å². The van der Waals surface area contributed by atoms with Gasteiger partial charge in [-0.15, -0.1) is 0 Å². The monoisotopic (exact) mass is 599 g/mol. The second kappa shape index (κ2) is 14.7. The summed E-state index contributed by atoms with van der Waals surface area (Å²) in [4.78, 5) is 30.0. The Kier molecular flexibility index (Phi) is 10.6. The van der Waals surface area contributed by atoms with E-state index in [0.717, 1.165) is 48.8 Å². The Balaban J connectivity index is 1.26. The number of unbranched alkanes of at least 4 members (excludes halogenated alkanes) is 1. The third kappa shape index (κ3) is 8.07. The standard InChI is InChI=1S/C36H42ClN3O3/c1-26(41)40-24-30-23-31(29-19-17-28(18-20-29)14-10-22-43-34-16-7-6-15-32(34)37)35(33(25-40)38-30)36(42)39(2)21-9-8-13-27-11-4-3-5-12-27/h3-7,11-12,15-20,30,33,38H,8-10,13-14,21-25H2,1-2H3/t30?,33-/m1/s1. The molecule has 0 spiro atoms. The minimum Gasteiger partial charge on any atom is -0.492 e. The number of halogens is 1. The van der Waals surface area contributed by atoms with E-state index in [1.165, 1.54) is 11.1 Å². The van der Waals surface area contributed by atoms with Crippen molar-refractivity contribution in [3.05, 3.63) is 106 Å². The average Bonchev–Trinajstić information content (AvgIpc) is 3.02. The molecule has 2 amide bonds. The first-order valence-corrected chi connectivity index (χ1v) is 15.8. The van der Waals surface area contributed by atoms with Gasteiger partial charge in [0.15, 0.2) is 0 Å². The molecule has 2 heterocycles. The van der Waals surface area contributed by atoms with E-state index in [9.17, 15) is 9.59 Å². The number of para-hydroxylation sites is 1. The lowest BCUT2D eigenvalue weighted by atomic mass is 9.82. The van der Waals surface area contributed by atoms with Crippen LogP contribution in [0.1, 0.15) is 49.3 Å². The van der Waals surface area contributed by atoms with Crippen LogP contribution in [0.15, 0.2) is 84.4 Å². The van der Waals surface area contributed by atoms with E-state index in [4.69, 9.17) is 16.3 Å². The molecular formula is C36H42ClN3O3. The second-order valence-corrected chi connectivity index (χ2v) is 12.1. The van der Waals surface area contributed by atoms with Crippen LogP contribution in [0.2, 0.25) is 5.02 Å². The van der Waals surface area contributed by atoms with Crippen molar-refractivity contribution >= 4 is 29.0 Å². The normalized spacial score (nSPS) is 18.0. The Labute approximate surface area is 260 Å². The number of benzene rings is 3. The van der Waals surface area contributed by atoms with Gasteiger partial charge in [0.05, 0.1) is 17.7 Å². The Morgan fingerprint density at radius 1 is 0.907 bits per heavy atom. The molecule has 0 radical (unpaired) electrons. The molecule has 3 aromatic carbocycles. The zero-order valence-electron chi connectivity index (χ0n) is 25.2. The molecular weight excluding hydrogens is 558 g/mol. The first kappa shape index (κ1) is 30.8. The molecule has 1 fully saturated rings. The molecule has 7 heteroatoms. The number of hydrogen-bond acceptors (Lipinski definition) is 4. The van der Waals surface area contributed by atoms with E-state index in [-0.39, 0.29) is 23.9 Å². The number of carbonyl (C=O) groups excluding carboxylic acids is 2. The lowest BCUT2D eigenvalue weighted by molar-refractivity contribution is -0.132. The van der Waals surface area contributed by atoms with Crippen molar-refractivity contribution in [3.63, 3.8) is 0 Å². The van der Waals surface area contributed by atoms with Crippen LogP contribution in [-0.4, -0.2) is 67.0 Å². The van der Waals surface area contributed by atoms with Crippen molar-refractivity contribution in [2.75, 3.05) is 33.3 Å². The highest BCUT2D eigenvalue weighted by Crippen LogP contribution is 2.34. The number of ether oxygens (including phenoxy) is 1. The predicted molar refractivity (Wildman–Crippen MR) is 173 cm³/mol. The summed E-state index contributed by atoms with van der Waals surface area (Å²) in [5, 5.41) is 4.28. The average molecular weight is 600 g/mol. The molecule has 1 saturated heterocycles. The molecule has 1 N–H and O–H groups in total. The van der Waals surface area contributed by atoms with Crippen LogP contribution in [0.4, 0.5) is 0 Å². The maximum absolute atomic E-state index is 14.0. The number of amides is 2. The van der Waals surface area contributed by atoms with E-state index >= 15 is 0 Å². The number of rotatable bonds is 12. The zero-order chi connectivity index (χ0) is 30.2. The fourth-order valence-corrected chi connectivity index (χ4v) is 6.34. The lowest BCUT2D eigenvalue weighted by Gasteiger charge is -2.44. The number of hydrogen-bond donors (Lipinski definition) is 1. The molecule has 6 nitrogen and oxygen atoms in total. The van der Waals surface area contributed by atoms with Gasteiger partial charge < -0.3 is 19.9 Å². The van der Waals surface area contributed by atoms with Crippen molar-refractivity contribution in [2.24, 2.45) is 0 Å². The van der Waals surface area contributed by atoms with Crippen LogP contribution >= 0.6 is 11.6 Å². The number of piperazine rings is 1. The molecule has 43 heavy (non-hydrogen) atoms. The highest BCUT2D eigenvalue weighted by molar-refractivity contribution is 6.32. The third-order valence-electron chi connectivity index (χ3n) is 8.49. The summed E-state index contributed by atoms with van der Waals surface area (Å²) in [6.07, 6.45) is 5.46. The summed E-state index contributed by atoms with van der Waals surface area (Å²) in [6.45, 7) is 4.08. The maximum Gasteiger partial charge on any atom is 0.251 e. The maximum atomic E-state index is 14.0. The zero-order valence-corrected chi connectivity index (χ0v) is 26.0. The Morgan fingerprint density at radius 2 is 1.60 bits per heavy atom. The molecule has 0 saturated carbocycles. The summed E-state index contributed by atoms with van der Waals surface area (Å²) in [5.41, 5.74) is 5.55. The summed E-state index contributed by atoms with van der Waals surface area (Å²) >= 11 is 6.20. The van der Waals surface area contributed by atoms with Crippen LogP contribution in [0, 0.1) is 0 Å². The summed E-state index contributed by atoms with van der Waals surface area (Å²) in [7, 11) is 1.90. The van der Waals surface area contributed by atoms with Crippen molar-refractivity contribution < 1.29 is 14.3 Å². The Bertz CT molecular complexity index is 1420. The van der Waals surface area contributed by atoms with E-state index in [0.29, 0.717) is 43.4 Å². The Hall–Kier alpha value is -3.61. The van der Waals surface area contributed by atoms with Crippen molar-refractivity contribution in [1.29, 1.82) is 0 Å². The lowest BCUT2D eigenvalue weighted by Crippen LogP contribution is -2.61. The fourth-order valence-electron chi connectivity index (χ4n) is 6.15. The third-order valence-corrected chi connectivity index (χ3v) is 8.80. The van der Waals surface area contributed by atoms with Gasteiger partial charge in [-0.2, -0.15) is 0 Å². The van der Waals surface area contributed by atoms with Gasteiger partial charge in [-0.05, 0) is 72.9 Å². The number of nitrogens with zero attached hydrogens (tertiary/aromatic N) is 2. The number of nitrogens with one attached hydrogen (secondary N) is 1. The number of fused-ring (bicyclic) bond motifs is 2. The number of aryl methyl sites for hydroxylation is 2. The summed E-state index contributed by atoms with van der Waals surface area (Å²) < 4.78 is 5.85. The van der Waals surface area contributed by atoms with E-state index in [1.54, 1.807) is 6.92 Å². The van der Waals surface area contributed by atoms with Crippen LogP contribution in [-0.2, 0) is 22.4 Å². The molecule has 5 rings (SSSR count). The second-order valence-electron chi connectivity index (χ2n) is 11.7. The molecule has 2 aliphatic rings. The largest absolute Gasteiger partial charge is 0.492 e. The Morgan fingerprint density at radius 3 is 2.35 bits per heavy atom. The van der Waals surface area contributed by atoms with Crippen molar-refractivity contribution in [3.8, 4) is 5.75 Å². The number of likely N-dealkylation sites (N-methyl/N-ethyl adjacent to an activating group) is 1. The van der Waals surface area contributed by atoms with Gasteiger partial charge in [0.2, 0.25) is 5.91 Å². The van der Waals surface area contributed by atoms with Gasteiger partial charge in [-0.3, -0.25) is 9.59 Å². The SMILES string of the molecule is CC(=O)N1CC2CC(c3ccc(CCCOc4ccccc4Cl)cc3)=C(C(=O)N(C)CCCCc3ccccc3)[C@@H](C1)N2.